The topological polar surface area (TPSA) is 77.2 Å². The van der Waals surface area contributed by atoms with Crippen molar-refractivity contribution < 1.29 is 13.9 Å². The number of hydrogen-bond donors (Lipinski definition) is 1. The molecule has 4 aromatic rings. The van der Waals surface area contributed by atoms with Crippen LogP contribution in [0.1, 0.15) is 27.4 Å². The van der Waals surface area contributed by atoms with Gasteiger partial charge < -0.3 is 14.5 Å². The summed E-state index contributed by atoms with van der Waals surface area (Å²) in [5, 5.41) is 2.83. The second-order valence-electron chi connectivity index (χ2n) is 6.91. The molecule has 30 heavy (non-hydrogen) atoms. The van der Waals surface area contributed by atoms with Crippen LogP contribution in [0.3, 0.4) is 0 Å². The third-order valence-corrected chi connectivity index (χ3v) is 4.46. The molecule has 150 valence electrons. The summed E-state index contributed by atoms with van der Waals surface area (Å²) >= 11 is 0. The van der Waals surface area contributed by atoms with Gasteiger partial charge in [0.05, 0.1) is 6.54 Å². The van der Waals surface area contributed by atoms with Crippen LogP contribution in [-0.2, 0) is 6.54 Å². The van der Waals surface area contributed by atoms with E-state index in [0.29, 0.717) is 35.3 Å². The molecule has 2 aromatic heterocycles. The number of furan rings is 1. The summed E-state index contributed by atoms with van der Waals surface area (Å²) in [6.07, 6.45) is 1.66. The zero-order valence-corrected chi connectivity index (χ0v) is 16.8. The summed E-state index contributed by atoms with van der Waals surface area (Å²) in [5.41, 5.74) is 2.60. The fraction of sp³-hybridized carbons (Fsp3) is 0.125. The molecular formula is C24H21N3O3. The highest BCUT2D eigenvalue weighted by Gasteiger charge is 2.09. The van der Waals surface area contributed by atoms with Crippen LogP contribution >= 0.6 is 0 Å². The highest BCUT2D eigenvalue weighted by atomic mass is 16.5. The first kappa shape index (κ1) is 19.4. The molecule has 0 unspecified atom stereocenters. The Hall–Kier alpha value is -3.93. The largest absolute Gasteiger partial charge is 0.465 e. The molecular weight excluding hydrogens is 378 g/mol. The van der Waals surface area contributed by atoms with Gasteiger partial charge in [0.2, 0.25) is 5.88 Å². The van der Waals surface area contributed by atoms with Crippen molar-refractivity contribution in [3.63, 3.8) is 0 Å². The summed E-state index contributed by atoms with van der Waals surface area (Å²) in [4.78, 5) is 21.1. The zero-order valence-electron chi connectivity index (χ0n) is 16.8. The third-order valence-electron chi connectivity index (χ3n) is 4.46. The first-order valence-electron chi connectivity index (χ1n) is 9.58. The van der Waals surface area contributed by atoms with Crippen LogP contribution in [-0.4, -0.2) is 15.9 Å². The van der Waals surface area contributed by atoms with Crippen LogP contribution in [0.4, 0.5) is 0 Å². The van der Waals surface area contributed by atoms with E-state index in [1.54, 1.807) is 36.5 Å². The molecule has 0 atom stereocenters. The van der Waals surface area contributed by atoms with Gasteiger partial charge in [0, 0.05) is 23.4 Å². The van der Waals surface area contributed by atoms with Crippen molar-refractivity contribution in [2.75, 3.05) is 0 Å². The molecule has 2 heterocycles. The van der Waals surface area contributed by atoms with Crippen LogP contribution in [0.5, 0.6) is 11.6 Å². The molecule has 1 amide bonds. The maximum absolute atomic E-state index is 12.3. The number of ether oxygens (including phenoxy) is 1. The van der Waals surface area contributed by atoms with E-state index in [2.05, 4.69) is 15.3 Å². The van der Waals surface area contributed by atoms with E-state index in [4.69, 9.17) is 9.15 Å². The normalized spacial score (nSPS) is 10.6. The first-order chi connectivity index (χ1) is 14.6. The number of carbonyl (C=O) groups excluding carboxylic acids is 1. The smallest absolute Gasteiger partial charge is 0.251 e. The van der Waals surface area contributed by atoms with Gasteiger partial charge >= 0.3 is 0 Å². The monoisotopic (exact) mass is 399 g/mol. The van der Waals surface area contributed by atoms with E-state index in [1.165, 1.54) is 0 Å². The Kier molecular flexibility index (Phi) is 5.57. The number of hydrogen-bond acceptors (Lipinski definition) is 5. The van der Waals surface area contributed by atoms with E-state index >= 15 is 0 Å². The molecule has 1 N–H and O–H groups in total. The van der Waals surface area contributed by atoms with Crippen molar-refractivity contribution in [1.82, 2.24) is 15.3 Å². The number of rotatable bonds is 6. The highest BCUT2D eigenvalue weighted by molar-refractivity contribution is 5.94. The van der Waals surface area contributed by atoms with Gasteiger partial charge in [0.1, 0.15) is 17.3 Å². The molecule has 0 saturated heterocycles. The second kappa shape index (κ2) is 8.61. The van der Waals surface area contributed by atoms with Crippen molar-refractivity contribution in [2.45, 2.75) is 20.4 Å². The molecule has 0 radical (unpaired) electrons. The minimum Gasteiger partial charge on any atom is -0.465 e. The first-order valence-corrected chi connectivity index (χ1v) is 9.58. The maximum atomic E-state index is 12.3. The molecule has 0 aliphatic carbocycles. The van der Waals surface area contributed by atoms with E-state index in [-0.39, 0.29) is 5.91 Å². The van der Waals surface area contributed by atoms with Gasteiger partial charge in [0.25, 0.3) is 5.91 Å². The quantitative estimate of drug-likeness (QED) is 0.489. The SMILES string of the molecule is Cc1cccc(-c2nccc(Oc3ccc(C(=O)NCc4ccc(C)o4)cc3)n2)c1. The zero-order chi connectivity index (χ0) is 20.9. The van der Waals surface area contributed by atoms with Crippen LogP contribution in [0.2, 0.25) is 0 Å². The van der Waals surface area contributed by atoms with E-state index in [9.17, 15) is 4.79 Å². The van der Waals surface area contributed by atoms with Crippen molar-refractivity contribution >= 4 is 5.91 Å². The predicted molar refractivity (Wildman–Crippen MR) is 113 cm³/mol. The number of carbonyl (C=O) groups is 1. The van der Waals surface area contributed by atoms with E-state index in [1.807, 2.05) is 50.2 Å². The van der Waals surface area contributed by atoms with Crippen LogP contribution < -0.4 is 10.1 Å². The molecule has 0 aliphatic heterocycles. The number of nitrogens with one attached hydrogen (secondary N) is 1. The number of aryl methyl sites for hydroxylation is 2. The molecule has 6 nitrogen and oxygen atoms in total. The Labute approximate surface area is 174 Å². The Balaban J connectivity index is 1.41. The van der Waals surface area contributed by atoms with Crippen molar-refractivity contribution in [3.05, 3.63) is 95.6 Å². The number of amides is 1. The maximum Gasteiger partial charge on any atom is 0.251 e. The van der Waals surface area contributed by atoms with Crippen molar-refractivity contribution in [1.29, 1.82) is 0 Å². The minimum absolute atomic E-state index is 0.181. The molecule has 0 bridgehead atoms. The Morgan fingerprint density at radius 3 is 2.60 bits per heavy atom. The predicted octanol–water partition coefficient (Wildman–Crippen LogP) is 5.08. The summed E-state index contributed by atoms with van der Waals surface area (Å²) < 4.78 is 11.3. The molecule has 0 spiro atoms. The fourth-order valence-corrected chi connectivity index (χ4v) is 2.97. The van der Waals surface area contributed by atoms with E-state index < -0.39 is 0 Å². The fourth-order valence-electron chi connectivity index (χ4n) is 2.97. The summed E-state index contributed by atoms with van der Waals surface area (Å²) in [5.74, 6) is 2.97. The second-order valence-corrected chi connectivity index (χ2v) is 6.91. The van der Waals surface area contributed by atoms with Gasteiger partial charge in [-0.15, -0.1) is 0 Å². The van der Waals surface area contributed by atoms with Crippen molar-refractivity contribution in [2.24, 2.45) is 0 Å². The van der Waals surface area contributed by atoms with E-state index in [0.717, 1.165) is 16.9 Å². The lowest BCUT2D eigenvalue weighted by molar-refractivity contribution is 0.0948. The number of nitrogens with zero attached hydrogens (tertiary/aromatic N) is 2. The average molecular weight is 399 g/mol. The summed E-state index contributed by atoms with van der Waals surface area (Å²) in [6, 6.07) is 20.3. The lowest BCUT2D eigenvalue weighted by Gasteiger charge is -2.08. The number of benzene rings is 2. The lowest BCUT2D eigenvalue weighted by atomic mass is 10.1. The summed E-state index contributed by atoms with van der Waals surface area (Å²) in [7, 11) is 0. The van der Waals surface area contributed by atoms with Crippen LogP contribution in [0, 0.1) is 13.8 Å². The Bertz CT molecular complexity index is 1170. The van der Waals surface area contributed by atoms with Gasteiger partial charge in [-0.3, -0.25) is 4.79 Å². The molecule has 4 rings (SSSR count). The Morgan fingerprint density at radius 1 is 1.03 bits per heavy atom. The van der Waals surface area contributed by atoms with Gasteiger partial charge in [-0.1, -0.05) is 23.8 Å². The molecule has 6 heteroatoms. The Morgan fingerprint density at radius 2 is 1.87 bits per heavy atom. The lowest BCUT2D eigenvalue weighted by Crippen LogP contribution is -2.22. The van der Waals surface area contributed by atoms with Crippen LogP contribution in [0.25, 0.3) is 11.4 Å². The van der Waals surface area contributed by atoms with Gasteiger partial charge in [0.15, 0.2) is 5.82 Å². The van der Waals surface area contributed by atoms with Gasteiger partial charge in [-0.25, -0.2) is 4.98 Å². The number of aromatic nitrogens is 2. The summed E-state index contributed by atoms with van der Waals surface area (Å²) in [6.45, 7) is 4.23. The minimum atomic E-state index is -0.181. The van der Waals surface area contributed by atoms with Gasteiger partial charge in [-0.05, 0) is 56.3 Å². The van der Waals surface area contributed by atoms with Crippen molar-refractivity contribution in [3.8, 4) is 23.0 Å². The van der Waals surface area contributed by atoms with Gasteiger partial charge in [-0.2, -0.15) is 4.98 Å². The van der Waals surface area contributed by atoms with Crippen LogP contribution in [0.15, 0.2) is 77.3 Å². The highest BCUT2D eigenvalue weighted by Crippen LogP contribution is 2.23. The third kappa shape index (κ3) is 4.72. The molecule has 0 fully saturated rings. The average Bonchev–Trinajstić information content (AvgIpc) is 3.18. The molecule has 0 aliphatic rings. The molecule has 2 aromatic carbocycles. The standard InChI is InChI=1S/C24H21N3O3/c1-16-4-3-5-19(14-16)23-25-13-12-22(27-23)30-20-10-7-18(8-11-20)24(28)26-15-21-9-6-17(2)29-21/h3-14H,15H2,1-2H3,(H,26,28). The molecule has 0 saturated carbocycles.